The zero-order valence-electron chi connectivity index (χ0n) is 10.2. The summed E-state index contributed by atoms with van der Waals surface area (Å²) in [6.45, 7) is 3.37. The largest absolute Gasteiger partial charge is 0.392 e. The van der Waals surface area contributed by atoms with E-state index in [4.69, 9.17) is 4.74 Å². The number of rotatable bonds is 8. The van der Waals surface area contributed by atoms with Crippen LogP contribution in [0.15, 0.2) is 0 Å². The van der Waals surface area contributed by atoms with Crippen molar-refractivity contribution in [3.63, 3.8) is 0 Å². The predicted molar refractivity (Wildman–Crippen MR) is 63.4 cm³/mol. The lowest BCUT2D eigenvalue weighted by Gasteiger charge is -2.16. The number of aliphatic hydroxyl groups excluding tert-OH is 2. The van der Waals surface area contributed by atoms with E-state index in [1.54, 1.807) is 0 Å². The van der Waals surface area contributed by atoms with Gasteiger partial charge in [-0.1, -0.05) is 19.8 Å². The third kappa shape index (κ3) is 5.80. The minimum atomic E-state index is -0.468. The Kier molecular flexibility index (Phi) is 6.96. The molecule has 0 bridgehead atoms. The van der Waals surface area contributed by atoms with Gasteiger partial charge in [-0.3, -0.25) is 0 Å². The van der Waals surface area contributed by atoms with E-state index >= 15 is 0 Å². The van der Waals surface area contributed by atoms with Crippen LogP contribution >= 0.6 is 0 Å². The second-order valence-electron chi connectivity index (χ2n) is 4.61. The molecule has 2 atom stereocenters. The number of hydrogen-bond acceptors (Lipinski definition) is 4. The fourth-order valence-corrected chi connectivity index (χ4v) is 1.92. The van der Waals surface area contributed by atoms with E-state index in [2.05, 4.69) is 5.32 Å². The van der Waals surface area contributed by atoms with Crippen molar-refractivity contribution in [1.82, 2.24) is 5.32 Å². The highest BCUT2D eigenvalue weighted by atomic mass is 16.5. The summed E-state index contributed by atoms with van der Waals surface area (Å²) in [4.78, 5) is 0. The molecule has 0 saturated heterocycles. The zero-order chi connectivity index (χ0) is 11.8. The maximum atomic E-state index is 9.63. The van der Waals surface area contributed by atoms with Crippen LogP contribution in [0.1, 0.15) is 39.0 Å². The molecule has 0 aliphatic heterocycles. The van der Waals surface area contributed by atoms with Gasteiger partial charge in [-0.2, -0.15) is 0 Å². The van der Waals surface area contributed by atoms with Crippen molar-refractivity contribution in [3.8, 4) is 0 Å². The maximum absolute atomic E-state index is 9.63. The Labute approximate surface area is 98.0 Å². The van der Waals surface area contributed by atoms with Crippen LogP contribution in [0.2, 0.25) is 0 Å². The number of hydrogen-bond donors (Lipinski definition) is 3. The molecule has 0 amide bonds. The minimum absolute atomic E-state index is 0.317. The first-order chi connectivity index (χ1) is 7.72. The molecule has 4 nitrogen and oxygen atoms in total. The fraction of sp³-hybridized carbons (Fsp3) is 1.00. The quantitative estimate of drug-likeness (QED) is 0.574. The summed E-state index contributed by atoms with van der Waals surface area (Å²) in [7, 11) is 0. The lowest BCUT2D eigenvalue weighted by atomic mass is 10.2. The van der Waals surface area contributed by atoms with E-state index in [0.717, 1.165) is 19.3 Å². The summed E-state index contributed by atoms with van der Waals surface area (Å²) in [6, 6.07) is 0. The Morgan fingerprint density at radius 2 is 1.81 bits per heavy atom. The monoisotopic (exact) mass is 231 g/mol. The third-order valence-electron chi connectivity index (χ3n) is 3.06. The van der Waals surface area contributed by atoms with Gasteiger partial charge in [-0.15, -0.1) is 0 Å². The van der Waals surface area contributed by atoms with E-state index in [1.165, 1.54) is 12.8 Å². The molecule has 4 heteroatoms. The molecular formula is C12H25NO3. The van der Waals surface area contributed by atoms with Crippen molar-refractivity contribution >= 4 is 0 Å². The molecule has 0 aromatic carbocycles. The highest BCUT2D eigenvalue weighted by Gasteiger charge is 2.16. The first-order valence-corrected chi connectivity index (χ1v) is 6.40. The smallest absolute Gasteiger partial charge is 0.0897 e. The van der Waals surface area contributed by atoms with Crippen LogP contribution in [0, 0.1) is 0 Å². The summed E-state index contributed by atoms with van der Waals surface area (Å²) in [5.41, 5.74) is 0. The van der Waals surface area contributed by atoms with Crippen molar-refractivity contribution in [2.75, 3.05) is 19.7 Å². The molecule has 1 rings (SSSR count). The SMILES string of the molecule is CCC(O)CNCC(O)COC1CCCC1. The predicted octanol–water partition coefficient (Wildman–Crippen LogP) is 0.667. The van der Waals surface area contributed by atoms with E-state index in [1.807, 2.05) is 6.92 Å². The molecule has 1 saturated carbocycles. The van der Waals surface area contributed by atoms with Gasteiger partial charge in [0.2, 0.25) is 0 Å². The standard InChI is InChI=1S/C12H25NO3/c1-2-10(14)7-13-8-11(15)9-16-12-5-3-4-6-12/h10-15H,2-9H2,1H3. The van der Waals surface area contributed by atoms with E-state index < -0.39 is 6.10 Å². The van der Waals surface area contributed by atoms with Gasteiger partial charge in [0.25, 0.3) is 0 Å². The van der Waals surface area contributed by atoms with Crippen LogP contribution in [0.5, 0.6) is 0 Å². The summed E-state index contributed by atoms with van der Waals surface area (Å²) in [5, 5.41) is 22.0. The Hall–Kier alpha value is -0.160. The molecule has 0 radical (unpaired) electrons. The highest BCUT2D eigenvalue weighted by molar-refractivity contribution is 4.68. The Bertz CT molecular complexity index is 172. The molecule has 0 aromatic rings. The van der Waals surface area contributed by atoms with Crippen LogP contribution in [-0.2, 0) is 4.74 Å². The Morgan fingerprint density at radius 3 is 2.44 bits per heavy atom. The summed E-state index contributed by atoms with van der Waals surface area (Å²) < 4.78 is 5.60. The Morgan fingerprint density at radius 1 is 1.19 bits per heavy atom. The van der Waals surface area contributed by atoms with Gasteiger partial charge >= 0.3 is 0 Å². The molecule has 0 spiro atoms. The average molecular weight is 231 g/mol. The summed E-state index contributed by atoms with van der Waals surface area (Å²) >= 11 is 0. The van der Waals surface area contributed by atoms with Crippen molar-refractivity contribution in [3.05, 3.63) is 0 Å². The molecule has 0 heterocycles. The maximum Gasteiger partial charge on any atom is 0.0897 e. The van der Waals surface area contributed by atoms with E-state index in [9.17, 15) is 10.2 Å². The van der Waals surface area contributed by atoms with Crippen LogP contribution in [-0.4, -0.2) is 48.2 Å². The van der Waals surface area contributed by atoms with Crippen LogP contribution in [0.3, 0.4) is 0 Å². The van der Waals surface area contributed by atoms with Gasteiger partial charge in [0.1, 0.15) is 0 Å². The van der Waals surface area contributed by atoms with Gasteiger partial charge < -0.3 is 20.3 Å². The van der Waals surface area contributed by atoms with Gasteiger partial charge in [-0.05, 0) is 19.3 Å². The number of nitrogens with one attached hydrogen (secondary N) is 1. The fourth-order valence-electron chi connectivity index (χ4n) is 1.92. The van der Waals surface area contributed by atoms with Gasteiger partial charge in [0, 0.05) is 13.1 Å². The second-order valence-corrected chi connectivity index (χ2v) is 4.61. The van der Waals surface area contributed by atoms with Crippen molar-refractivity contribution in [1.29, 1.82) is 0 Å². The average Bonchev–Trinajstić information content (AvgIpc) is 2.79. The Balaban J connectivity index is 1.95. The normalized spacial score (nSPS) is 21.2. The topological polar surface area (TPSA) is 61.7 Å². The van der Waals surface area contributed by atoms with Crippen LogP contribution in [0.25, 0.3) is 0 Å². The number of ether oxygens (including phenoxy) is 1. The molecule has 2 unspecified atom stereocenters. The van der Waals surface area contributed by atoms with Crippen molar-refractivity contribution < 1.29 is 14.9 Å². The molecule has 96 valence electrons. The second kappa shape index (κ2) is 8.01. The van der Waals surface area contributed by atoms with Gasteiger partial charge in [-0.25, -0.2) is 0 Å². The third-order valence-corrected chi connectivity index (χ3v) is 3.06. The highest BCUT2D eigenvalue weighted by Crippen LogP contribution is 2.20. The first kappa shape index (κ1) is 13.9. The van der Waals surface area contributed by atoms with Gasteiger partial charge in [0.05, 0.1) is 24.9 Å². The molecule has 1 aliphatic carbocycles. The molecule has 16 heavy (non-hydrogen) atoms. The minimum Gasteiger partial charge on any atom is -0.392 e. The molecule has 1 fully saturated rings. The zero-order valence-corrected chi connectivity index (χ0v) is 10.2. The van der Waals surface area contributed by atoms with E-state index in [-0.39, 0.29) is 6.10 Å². The molecular weight excluding hydrogens is 206 g/mol. The molecule has 0 aromatic heterocycles. The number of aliphatic hydroxyl groups is 2. The first-order valence-electron chi connectivity index (χ1n) is 6.40. The van der Waals surface area contributed by atoms with Crippen LogP contribution < -0.4 is 5.32 Å². The molecule has 1 aliphatic rings. The summed E-state index contributed by atoms with van der Waals surface area (Å²) in [5.74, 6) is 0. The van der Waals surface area contributed by atoms with Gasteiger partial charge in [0.15, 0.2) is 0 Å². The van der Waals surface area contributed by atoms with Crippen molar-refractivity contribution in [2.24, 2.45) is 0 Å². The molecule has 3 N–H and O–H groups in total. The van der Waals surface area contributed by atoms with Crippen molar-refractivity contribution in [2.45, 2.75) is 57.3 Å². The lowest BCUT2D eigenvalue weighted by Crippen LogP contribution is -2.35. The van der Waals surface area contributed by atoms with Crippen LogP contribution in [0.4, 0.5) is 0 Å². The lowest BCUT2D eigenvalue weighted by molar-refractivity contribution is -0.00622. The summed E-state index contributed by atoms with van der Waals surface area (Å²) in [6.07, 6.45) is 5.08. The van der Waals surface area contributed by atoms with E-state index in [0.29, 0.717) is 25.8 Å².